The van der Waals surface area contributed by atoms with Crippen molar-refractivity contribution >= 4 is 28.3 Å². The molecular formula is C17H14N4O2S. The number of ether oxygens (including phenoxy) is 1. The van der Waals surface area contributed by atoms with E-state index in [1.807, 2.05) is 36.4 Å². The molecule has 0 aliphatic heterocycles. The van der Waals surface area contributed by atoms with E-state index in [0.717, 1.165) is 27.5 Å². The first kappa shape index (κ1) is 14.8. The molecule has 1 aromatic carbocycles. The summed E-state index contributed by atoms with van der Waals surface area (Å²) < 4.78 is 12.4. The summed E-state index contributed by atoms with van der Waals surface area (Å²) in [6, 6.07) is 11.6. The molecule has 0 radical (unpaired) electrons. The van der Waals surface area contributed by atoms with Crippen LogP contribution in [0.15, 0.2) is 65.1 Å². The molecule has 0 bridgehead atoms. The van der Waals surface area contributed by atoms with Gasteiger partial charge >= 0.3 is 0 Å². The Morgan fingerprint density at radius 1 is 1.21 bits per heavy atom. The fourth-order valence-corrected chi connectivity index (χ4v) is 3.17. The van der Waals surface area contributed by atoms with Gasteiger partial charge in [-0.05, 0) is 24.3 Å². The van der Waals surface area contributed by atoms with Gasteiger partial charge in [0.15, 0.2) is 16.6 Å². The molecule has 0 fully saturated rings. The maximum absolute atomic E-state index is 5.42. The molecule has 120 valence electrons. The van der Waals surface area contributed by atoms with Gasteiger partial charge in [-0.3, -0.25) is 0 Å². The molecule has 7 heteroatoms. The summed E-state index contributed by atoms with van der Waals surface area (Å²) in [6.07, 6.45) is 3.05. The summed E-state index contributed by atoms with van der Waals surface area (Å²) in [5.41, 5.74) is 1.65. The van der Waals surface area contributed by atoms with Crippen LogP contribution in [0.4, 0.5) is 0 Å². The molecule has 0 aliphatic rings. The van der Waals surface area contributed by atoms with E-state index in [1.165, 1.54) is 6.26 Å². The first-order chi connectivity index (χ1) is 11.9. The van der Waals surface area contributed by atoms with Crippen LogP contribution < -0.4 is 0 Å². The minimum Gasteiger partial charge on any atom is -0.501 e. The minimum absolute atomic E-state index is 0.544. The fraction of sp³-hybridized carbons (Fsp3) is 0.118. The highest BCUT2D eigenvalue weighted by Crippen LogP contribution is 2.26. The van der Waals surface area contributed by atoms with Crippen LogP contribution in [0.1, 0.15) is 0 Å². The summed E-state index contributed by atoms with van der Waals surface area (Å²) in [5.74, 6) is 1.92. The molecule has 3 heterocycles. The summed E-state index contributed by atoms with van der Waals surface area (Å²) in [4.78, 5) is 9.35. The van der Waals surface area contributed by atoms with Crippen LogP contribution in [0.25, 0.3) is 28.1 Å². The molecule has 3 aromatic heterocycles. The van der Waals surface area contributed by atoms with Gasteiger partial charge in [-0.1, -0.05) is 30.5 Å². The largest absolute Gasteiger partial charge is 0.501 e. The van der Waals surface area contributed by atoms with Gasteiger partial charge in [0.05, 0.1) is 24.6 Å². The first-order valence-electron chi connectivity index (χ1n) is 7.41. The van der Waals surface area contributed by atoms with Crippen LogP contribution >= 0.6 is 11.8 Å². The van der Waals surface area contributed by atoms with Crippen molar-refractivity contribution in [1.82, 2.24) is 19.6 Å². The molecule has 0 aliphatic carbocycles. The molecule has 0 saturated heterocycles. The average Bonchev–Trinajstić information content (AvgIpc) is 3.27. The maximum atomic E-state index is 5.42. The number of aromatic nitrogens is 4. The molecule has 0 unspecified atom stereocenters. The number of fused-ring (bicyclic) bond motifs is 3. The third-order valence-corrected chi connectivity index (χ3v) is 4.33. The Morgan fingerprint density at radius 2 is 2.12 bits per heavy atom. The van der Waals surface area contributed by atoms with Crippen molar-refractivity contribution in [3.8, 4) is 11.6 Å². The van der Waals surface area contributed by atoms with Crippen LogP contribution in [0.5, 0.6) is 0 Å². The Labute approximate surface area is 142 Å². The zero-order valence-corrected chi connectivity index (χ0v) is 13.6. The number of hydrogen-bond donors (Lipinski definition) is 0. The van der Waals surface area contributed by atoms with E-state index in [0.29, 0.717) is 18.2 Å². The van der Waals surface area contributed by atoms with Gasteiger partial charge in [-0.25, -0.2) is 9.97 Å². The quantitative estimate of drug-likeness (QED) is 0.231. The number of furan rings is 1. The summed E-state index contributed by atoms with van der Waals surface area (Å²) in [6.45, 7) is 4.10. The molecule has 0 amide bonds. The van der Waals surface area contributed by atoms with Crippen LogP contribution in [0.3, 0.4) is 0 Å². The lowest BCUT2D eigenvalue weighted by Gasteiger charge is -2.05. The third-order valence-electron chi connectivity index (χ3n) is 3.44. The van der Waals surface area contributed by atoms with E-state index in [4.69, 9.17) is 14.1 Å². The van der Waals surface area contributed by atoms with Gasteiger partial charge in [-0.15, -0.1) is 5.10 Å². The van der Waals surface area contributed by atoms with E-state index in [-0.39, 0.29) is 0 Å². The molecule has 4 aromatic rings. The van der Waals surface area contributed by atoms with Crippen LogP contribution in [-0.4, -0.2) is 31.9 Å². The van der Waals surface area contributed by atoms with Crippen LogP contribution in [0, 0.1) is 0 Å². The smallest absolute Gasteiger partial charge is 0.218 e. The number of hydrogen-bond acceptors (Lipinski definition) is 6. The van der Waals surface area contributed by atoms with Crippen molar-refractivity contribution in [1.29, 1.82) is 0 Å². The number of thioether (sulfide) groups is 1. The Balaban J connectivity index is 1.84. The van der Waals surface area contributed by atoms with Crippen molar-refractivity contribution in [3.63, 3.8) is 0 Å². The predicted molar refractivity (Wildman–Crippen MR) is 92.9 cm³/mol. The molecule has 6 nitrogen and oxygen atoms in total. The lowest BCUT2D eigenvalue weighted by Crippen LogP contribution is -2.00. The van der Waals surface area contributed by atoms with E-state index >= 15 is 0 Å². The van der Waals surface area contributed by atoms with E-state index in [1.54, 1.807) is 22.5 Å². The molecule has 4 rings (SSSR count). The zero-order chi connectivity index (χ0) is 16.4. The maximum Gasteiger partial charge on any atom is 0.218 e. The standard InChI is InChI=1S/C17H14N4O2S/c1-2-22-10-11-24-17-18-13-7-4-3-6-12(13)16-19-15(20-21(16)17)14-8-5-9-23-14/h2-9H,1,10-11H2. The van der Waals surface area contributed by atoms with E-state index < -0.39 is 0 Å². The highest BCUT2D eigenvalue weighted by molar-refractivity contribution is 7.99. The van der Waals surface area contributed by atoms with Gasteiger partial charge in [0.1, 0.15) is 0 Å². The molecule has 0 saturated carbocycles. The van der Waals surface area contributed by atoms with Crippen molar-refractivity contribution in [2.45, 2.75) is 5.16 Å². The van der Waals surface area contributed by atoms with Gasteiger partial charge < -0.3 is 9.15 Å². The topological polar surface area (TPSA) is 65.5 Å². The number of nitrogens with zero attached hydrogens (tertiary/aromatic N) is 4. The number of benzene rings is 1. The number of rotatable bonds is 6. The van der Waals surface area contributed by atoms with E-state index in [9.17, 15) is 0 Å². The average molecular weight is 338 g/mol. The van der Waals surface area contributed by atoms with Gasteiger partial charge in [-0.2, -0.15) is 4.52 Å². The van der Waals surface area contributed by atoms with Crippen LogP contribution in [0.2, 0.25) is 0 Å². The second-order valence-electron chi connectivity index (χ2n) is 4.95. The van der Waals surface area contributed by atoms with Gasteiger partial charge in [0.25, 0.3) is 0 Å². The van der Waals surface area contributed by atoms with Crippen molar-refractivity contribution < 1.29 is 9.15 Å². The predicted octanol–water partition coefficient (Wildman–Crippen LogP) is 3.79. The molecular weight excluding hydrogens is 324 g/mol. The van der Waals surface area contributed by atoms with Crippen molar-refractivity contribution in [2.75, 3.05) is 12.4 Å². The summed E-state index contributed by atoms with van der Waals surface area (Å²) in [5, 5.41) is 6.29. The molecule has 0 atom stereocenters. The fourth-order valence-electron chi connectivity index (χ4n) is 2.40. The second kappa shape index (κ2) is 6.37. The molecule has 0 N–H and O–H groups in total. The summed E-state index contributed by atoms with van der Waals surface area (Å²) >= 11 is 1.56. The Bertz CT molecular complexity index is 995. The SMILES string of the molecule is C=COCCSc1nc2ccccc2c2nc(-c3ccco3)nn12. The normalized spacial score (nSPS) is 11.2. The number of para-hydroxylation sites is 1. The van der Waals surface area contributed by atoms with Crippen LogP contribution in [-0.2, 0) is 4.74 Å². The second-order valence-corrected chi connectivity index (χ2v) is 6.01. The summed E-state index contributed by atoms with van der Waals surface area (Å²) in [7, 11) is 0. The monoisotopic (exact) mass is 338 g/mol. The third kappa shape index (κ3) is 2.63. The van der Waals surface area contributed by atoms with Crippen molar-refractivity contribution in [3.05, 3.63) is 55.5 Å². The molecule has 0 spiro atoms. The van der Waals surface area contributed by atoms with E-state index in [2.05, 4.69) is 16.7 Å². The highest BCUT2D eigenvalue weighted by atomic mass is 32.2. The molecule has 24 heavy (non-hydrogen) atoms. The minimum atomic E-state index is 0.544. The first-order valence-corrected chi connectivity index (χ1v) is 8.40. The van der Waals surface area contributed by atoms with Gasteiger partial charge in [0.2, 0.25) is 5.82 Å². The lowest BCUT2D eigenvalue weighted by atomic mass is 10.2. The zero-order valence-electron chi connectivity index (χ0n) is 12.8. The Hall–Kier alpha value is -2.80. The van der Waals surface area contributed by atoms with Gasteiger partial charge in [0, 0.05) is 11.1 Å². The Morgan fingerprint density at radius 3 is 2.96 bits per heavy atom. The van der Waals surface area contributed by atoms with Crippen molar-refractivity contribution in [2.24, 2.45) is 0 Å². The Kier molecular flexibility index (Phi) is 3.92. The highest BCUT2D eigenvalue weighted by Gasteiger charge is 2.15. The lowest BCUT2D eigenvalue weighted by molar-refractivity contribution is 0.274.